The molecule has 0 radical (unpaired) electrons. The minimum Gasteiger partial charge on any atom is -0.435 e. The van der Waals surface area contributed by atoms with E-state index in [0.717, 1.165) is 23.5 Å². The minimum atomic E-state index is -2.85. The summed E-state index contributed by atoms with van der Waals surface area (Å²) in [5, 5.41) is 3.38. The fourth-order valence-corrected chi connectivity index (χ4v) is 3.69. The second-order valence-corrected chi connectivity index (χ2v) is 7.34. The third-order valence-electron chi connectivity index (χ3n) is 4.35. The summed E-state index contributed by atoms with van der Waals surface area (Å²) in [6.45, 7) is 3.62. The summed E-state index contributed by atoms with van der Waals surface area (Å²) in [5.74, 6) is -0.0209. The van der Waals surface area contributed by atoms with Crippen molar-refractivity contribution in [1.82, 2.24) is 9.88 Å². The Hall–Kier alpha value is -2.10. The number of rotatable bonds is 6. The summed E-state index contributed by atoms with van der Waals surface area (Å²) in [6, 6.07) is 6.01. The number of amides is 1. The van der Waals surface area contributed by atoms with E-state index >= 15 is 0 Å². The van der Waals surface area contributed by atoms with Crippen LogP contribution in [0.15, 0.2) is 24.3 Å². The number of hydrogen-bond acceptors (Lipinski definition) is 6. The topological polar surface area (TPSA) is 63.7 Å². The van der Waals surface area contributed by atoms with Gasteiger partial charge in [-0.3, -0.25) is 9.69 Å². The van der Waals surface area contributed by atoms with Gasteiger partial charge in [-0.05, 0) is 38.1 Å². The number of aromatic nitrogens is 1. The van der Waals surface area contributed by atoms with Crippen LogP contribution >= 0.6 is 11.3 Å². The third kappa shape index (κ3) is 5.00. The van der Waals surface area contributed by atoms with E-state index in [1.54, 1.807) is 12.1 Å². The van der Waals surface area contributed by atoms with Gasteiger partial charge in [0.25, 0.3) is 0 Å². The van der Waals surface area contributed by atoms with Crippen molar-refractivity contribution in [2.24, 2.45) is 0 Å². The molecule has 2 heterocycles. The number of nitrogens with zero attached hydrogens (tertiary/aromatic N) is 2. The number of anilines is 1. The number of carbonyl (C=O) groups excluding carboxylic acids is 1. The van der Waals surface area contributed by atoms with Crippen molar-refractivity contribution < 1.29 is 23.0 Å². The molecule has 1 saturated heterocycles. The Morgan fingerprint density at radius 2 is 1.96 bits per heavy atom. The molecule has 0 bridgehead atoms. The Morgan fingerprint density at radius 1 is 1.30 bits per heavy atom. The number of benzene rings is 1. The molecule has 1 N–H and O–H groups in total. The fourth-order valence-electron chi connectivity index (χ4n) is 2.85. The summed E-state index contributed by atoms with van der Waals surface area (Å²) >= 11 is 1.38. The molecule has 9 heteroatoms. The average molecular weight is 397 g/mol. The lowest BCUT2D eigenvalue weighted by Crippen LogP contribution is -2.47. The van der Waals surface area contributed by atoms with Crippen LogP contribution in [-0.4, -0.2) is 54.7 Å². The molecule has 1 aromatic carbocycles. The predicted octanol–water partition coefficient (Wildman–Crippen LogP) is 3.38. The first-order valence-electron chi connectivity index (χ1n) is 8.59. The van der Waals surface area contributed by atoms with Crippen molar-refractivity contribution in [3.63, 3.8) is 0 Å². The highest BCUT2D eigenvalue weighted by Crippen LogP contribution is 2.31. The zero-order valence-corrected chi connectivity index (χ0v) is 15.9. The molecule has 1 amide bonds. The molecular weight excluding hydrogens is 376 g/mol. The van der Waals surface area contributed by atoms with Gasteiger partial charge in [0.2, 0.25) is 5.91 Å². The van der Waals surface area contributed by atoms with E-state index in [1.807, 2.05) is 13.8 Å². The molecule has 0 spiro atoms. The van der Waals surface area contributed by atoms with E-state index in [0.29, 0.717) is 24.0 Å². The van der Waals surface area contributed by atoms with Gasteiger partial charge < -0.3 is 14.8 Å². The molecule has 0 saturated carbocycles. The van der Waals surface area contributed by atoms with Gasteiger partial charge in [0.1, 0.15) is 5.75 Å². The second-order valence-electron chi connectivity index (χ2n) is 6.14. The lowest BCUT2D eigenvalue weighted by atomic mass is 10.1. The van der Waals surface area contributed by atoms with Crippen LogP contribution in [-0.2, 0) is 9.53 Å². The van der Waals surface area contributed by atoms with Crippen molar-refractivity contribution in [2.75, 3.05) is 31.6 Å². The third-order valence-corrected chi connectivity index (χ3v) is 5.24. The number of ether oxygens (including phenoxy) is 2. The Kier molecular flexibility index (Phi) is 6.35. The molecule has 1 aromatic heterocycles. The van der Waals surface area contributed by atoms with Gasteiger partial charge in [0, 0.05) is 23.5 Å². The first-order chi connectivity index (χ1) is 12.9. The summed E-state index contributed by atoms with van der Waals surface area (Å²) in [5.41, 5.74) is 1.48. The van der Waals surface area contributed by atoms with E-state index in [2.05, 4.69) is 19.9 Å². The van der Waals surface area contributed by atoms with E-state index in [1.165, 1.54) is 23.5 Å². The van der Waals surface area contributed by atoms with Crippen LogP contribution in [0.4, 0.5) is 13.9 Å². The summed E-state index contributed by atoms with van der Waals surface area (Å²) in [4.78, 5) is 20.0. The Balaban J connectivity index is 1.67. The van der Waals surface area contributed by atoms with Crippen LogP contribution in [0.2, 0.25) is 0 Å². The van der Waals surface area contributed by atoms with Crippen LogP contribution in [0.1, 0.15) is 11.8 Å². The zero-order valence-electron chi connectivity index (χ0n) is 15.1. The molecule has 0 aliphatic carbocycles. The molecule has 27 heavy (non-hydrogen) atoms. The summed E-state index contributed by atoms with van der Waals surface area (Å²) in [6.07, 6.45) is 0. The van der Waals surface area contributed by atoms with Crippen molar-refractivity contribution in [3.8, 4) is 17.0 Å². The number of hydrogen-bond donors (Lipinski definition) is 1. The number of thiazole rings is 1. The highest BCUT2D eigenvalue weighted by Gasteiger charge is 2.24. The van der Waals surface area contributed by atoms with Crippen molar-refractivity contribution in [2.45, 2.75) is 26.5 Å². The first-order valence-corrected chi connectivity index (χ1v) is 9.41. The number of alkyl halides is 2. The van der Waals surface area contributed by atoms with Crippen molar-refractivity contribution in [1.29, 1.82) is 0 Å². The van der Waals surface area contributed by atoms with Crippen LogP contribution < -0.4 is 10.1 Å². The van der Waals surface area contributed by atoms with E-state index in [4.69, 9.17) is 4.74 Å². The normalized spacial score (nSPS) is 16.3. The molecule has 0 unspecified atom stereocenters. The highest BCUT2D eigenvalue weighted by atomic mass is 32.1. The Labute approximate surface area is 160 Å². The Morgan fingerprint density at radius 3 is 2.59 bits per heavy atom. The van der Waals surface area contributed by atoms with Crippen molar-refractivity contribution in [3.05, 3.63) is 29.1 Å². The largest absolute Gasteiger partial charge is 0.435 e. The molecule has 1 atom stereocenters. The van der Waals surface area contributed by atoms with Crippen LogP contribution in [0, 0.1) is 6.92 Å². The molecule has 6 nitrogen and oxygen atoms in total. The summed E-state index contributed by atoms with van der Waals surface area (Å²) < 4.78 is 34.2. The van der Waals surface area contributed by atoms with Crippen LogP contribution in [0.3, 0.4) is 0 Å². The number of halogens is 2. The van der Waals surface area contributed by atoms with Gasteiger partial charge >= 0.3 is 6.61 Å². The maximum atomic E-state index is 12.5. The Bertz CT molecular complexity index is 777. The van der Waals surface area contributed by atoms with E-state index < -0.39 is 6.61 Å². The molecule has 1 aliphatic rings. The molecule has 2 aromatic rings. The van der Waals surface area contributed by atoms with Gasteiger partial charge in [0.15, 0.2) is 5.13 Å². The SMILES string of the molecule is Cc1sc(NC(=O)[C@@H](C)N2CCOCC2)nc1-c1ccc(OC(F)F)cc1. The number of aryl methyl sites for hydroxylation is 1. The average Bonchev–Trinajstić information content (AvgIpc) is 3.02. The van der Waals surface area contributed by atoms with Gasteiger partial charge in [-0.15, -0.1) is 11.3 Å². The maximum absolute atomic E-state index is 12.5. The van der Waals surface area contributed by atoms with E-state index in [-0.39, 0.29) is 17.7 Å². The van der Waals surface area contributed by atoms with Crippen LogP contribution in [0.5, 0.6) is 5.75 Å². The van der Waals surface area contributed by atoms with Crippen molar-refractivity contribution >= 4 is 22.4 Å². The quantitative estimate of drug-likeness (QED) is 0.810. The fraction of sp³-hybridized carbons (Fsp3) is 0.444. The zero-order chi connectivity index (χ0) is 19.4. The van der Waals surface area contributed by atoms with E-state index in [9.17, 15) is 13.6 Å². The van der Waals surface area contributed by atoms with Crippen LogP contribution in [0.25, 0.3) is 11.3 Å². The monoisotopic (exact) mass is 397 g/mol. The lowest BCUT2D eigenvalue weighted by molar-refractivity contribution is -0.122. The first kappa shape index (κ1) is 19.7. The van der Waals surface area contributed by atoms with Gasteiger partial charge in [-0.1, -0.05) is 0 Å². The highest BCUT2D eigenvalue weighted by molar-refractivity contribution is 7.16. The van der Waals surface area contributed by atoms with Gasteiger partial charge in [-0.25, -0.2) is 4.98 Å². The number of nitrogens with one attached hydrogen (secondary N) is 1. The molecule has 1 fully saturated rings. The molecule has 146 valence electrons. The molecule has 1 aliphatic heterocycles. The lowest BCUT2D eigenvalue weighted by Gasteiger charge is -2.31. The van der Waals surface area contributed by atoms with Gasteiger partial charge in [0.05, 0.1) is 24.9 Å². The maximum Gasteiger partial charge on any atom is 0.387 e. The predicted molar refractivity (Wildman–Crippen MR) is 99.4 cm³/mol. The smallest absolute Gasteiger partial charge is 0.387 e. The summed E-state index contributed by atoms with van der Waals surface area (Å²) in [7, 11) is 0. The molecular formula is C18H21F2N3O3S. The van der Waals surface area contributed by atoms with Gasteiger partial charge in [-0.2, -0.15) is 8.78 Å². The second kappa shape index (κ2) is 8.73. The standard InChI is InChI=1S/C18H21F2N3O3S/c1-11(23-7-9-25-10-8-23)16(24)22-18-21-15(12(2)27-18)13-3-5-14(6-4-13)26-17(19)20/h3-6,11,17H,7-10H2,1-2H3,(H,21,22,24)/t11-/m1/s1. The number of carbonyl (C=O) groups is 1. The minimum absolute atomic E-state index is 0.0921. The number of morpholine rings is 1. The molecule has 3 rings (SSSR count).